The molecule has 1 aliphatic rings. The van der Waals surface area contributed by atoms with Crippen molar-refractivity contribution in [1.29, 1.82) is 0 Å². The first-order valence-electron chi connectivity index (χ1n) is 5.58. The van der Waals surface area contributed by atoms with Gasteiger partial charge in [0.05, 0.1) is 5.69 Å². The van der Waals surface area contributed by atoms with Gasteiger partial charge in [-0.2, -0.15) is 0 Å². The number of fused-ring (bicyclic) bond motifs is 1. The molecule has 0 spiro atoms. The van der Waals surface area contributed by atoms with Crippen LogP contribution in [0.1, 0.15) is 13.3 Å². The number of nitrogens with zero attached hydrogens (tertiary/aromatic N) is 1. The van der Waals surface area contributed by atoms with E-state index in [0.29, 0.717) is 13.0 Å². The fraction of sp³-hybridized carbons (Fsp3) is 0.417. The van der Waals surface area contributed by atoms with Crippen LogP contribution in [-0.2, 0) is 4.79 Å². The molecule has 1 aliphatic heterocycles. The van der Waals surface area contributed by atoms with E-state index in [2.05, 4.69) is 28.9 Å². The Labute approximate surface area is 114 Å². The summed E-state index contributed by atoms with van der Waals surface area (Å²) in [6.45, 7) is 2.47. The molecule has 5 heteroatoms. The van der Waals surface area contributed by atoms with E-state index in [1.54, 1.807) is 11.8 Å². The van der Waals surface area contributed by atoms with Crippen molar-refractivity contribution in [2.75, 3.05) is 17.2 Å². The van der Waals surface area contributed by atoms with Gasteiger partial charge in [-0.1, -0.05) is 6.07 Å². The molecule has 0 saturated heterocycles. The molecule has 1 amide bonds. The lowest BCUT2D eigenvalue weighted by Gasteiger charge is -2.35. The maximum atomic E-state index is 12.1. The topological polar surface area (TPSA) is 46.3 Å². The highest BCUT2D eigenvalue weighted by molar-refractivity contribution is 9.10. The molecule has 1 atom stereocenters. The van der Waals surface area contributed by atoms with Crippen LogP contribution in [-0.4, -0.2) is 24.2 Å². The zero-order chi connectivity index (χ0) is 12.4. The third kappa shape index (κ3) is 2.51. The minimum Gasteiger partial charge on any atom is -0.330 e. The average Bonchev–Trinajstić information content (AvgIpc) is 2.30. The smallest absolute Gasteiger partial charge is 0.228 e. The monoisotopic (exact) mass is 314 g/mol. The molecule has 0 bridgehead atoms. The van der Waals surface area contributed by atoms with Crippen LogP contribution in [0.15, 0.2) is 27.6 Å². The number of rotatable bonds is 2. The molecule has 1 aromatic rings. The minimum atomic E-state index is 0.105. The fourth-order valence-corrected chi connectivity index (χ4v) is 3.74. The van der Waals surface area contributed by atoms with Crippen molar-refractivity contribution in [3.8, 4) is 0 Å². The molecule has 92 valence electrons. The van der Waals surface area contributed by atoms with Gasteiger partial charge in [0.15, 0.2) is 0 Å². The quantitative estimate of drug-likeness (QED) is 0.912. The zero-order valence-corrected chi connectivity index (χ0v) is 12.1. The van der Waals surface area contributed by atoms with Gasteiger partial charge < -0.3 is 10.6 Å². The highest BCUT2D eigenvalue weighted by Crippen LogP contribution is 2.42. The zero-order valence-electron chi connectivity index (χ0n) is 9.65. The summed E-state index contributed by atoms with van der Waals surface area (Å²) in [5, 5.41) is 0. The van der Waals surface area contributed by atoms with Crippen molar-refractivity contribution >= 4 is 39.3 Å². The average molecular weight is 315 g/mol. The first-order chi connectivity index (χ1) is 8.15. The van der Waals surface area contributed by atoms with Crippen molar-refractivity contribution < 1.29 is 4.79 Å². The van der Waals surface area contributed by atoms with Crippen LogP contribution in [0.3, 0.4) is 0 Å². The molecule has 1 heterocycles. The van der Waals surface area contributed by atoms with Crippen LogP contribution < -0.4 is 10.6 Å². The fourth-order valence-electron chi connectivity index (χ4n) is 1.97. The normalized spacial score (nSPS) is 19.0. The Morgan fingerprint density at radius 2 is 2.41 bits per heavy atom. The van der Waals surface area contributed by atoms with Gasteiger partial charge in [0.25, 0.3) is 0 Å². The predicted octanol–water partition coefficient (Wildman–Crippen LogP) is 2.63. The molecule has 0 radical (unpaired) electrons. The molecule has 0 aliphatic carbocycles. The van der Waals surface area contributed by atoms with E-state index >= 15 is 0 Å². The molecule has 3 nitrogen and oxygen atoms in total. The number of nitrogens with two attached hydrogens (primary N) is 1. The van der Waals surface area contributed by atoms with Crippen molar-refractivity contribution in [2.45, 2.75) is 24.3 Å². The molecule has 1 aromatic carbocycles. The Hall–Kier alpha value is -0.520. The van der Waals surface area contributed by atoms with Crippen molar-refractivity contribution in [3.05, 3.63) is 22.7 Å². The molecule has 0 fully saturated rings. The number of hydrogen-bond donors (Lipinski definition) is 1. The molecule has 0 aromatic heterocycles. The summed E-state index contributed by atoms with van der Waals surface area (Å²) in [4.78, 5) is 15.2. The Morgan fingerprint density at radius 1 is 1.65 bits per heavy atom. The van der Waals surface area contributed by atoms with Crippen LogP contribution in [0, 0.1) is 0 Å². The van der Waals surface area contributed by atoms with Crippen LogP contribution in [0.2, 0.25) is 0 Å². The number of para-hydroxylation sites is 1. The number of hydrogen-bond acceptors (Lipinski definition) is 3. The number of benzene rings is 1. The van der Waals surface area contributed by atoms with Crippen molar-refractivity contribution in [2.24, 2.45) is 5.73 Å². The van der Waals surface area contributed by atoms with E-state index in [9.17, 15) is 4.79 Å². The number of amides is 1. The van der Waals surface area contributed by atoms with Gasteiger partial charge in [0, 0.05) is 34.1 Å². The maximum Gasteiger partial charge on any atom is 0.228 e. The summed E-state index contributed by atoms with van der Waals surface area (Å²) >= 11 is 5.33. The standard InChI is InChI=1S/C12H15BrN2OS/c1-8-7-17-10-4-2-3-9(13)12(10)15(8)11(16)5-6-14/h2-4,8H,5-7,14H2,1H3. The van der Waals surface area contributed by atoms with Gasteiger partial charge in [-0.15, -0.1) is 11.8 Å². The second-order valence-electron chi connectivity index (χ2n) is 4.05. The Kier molecular flexibility index (Phi) is 4.12. The number of carbonyl (C=O) groups excluding carboxylic acids is 1. The van der Waals surface area contributed by atoms with E-state index in [0.717, 1.165) is 20.8 Å². The lowest BCUT2D eigenvalue weighted by atomic mass is 10.2. The van der Waals surface area contributed by atoms with E-state index in [1.807, 2.05) is 17.0 Å². The highest BCUT2D eigenvalue weighted by Gasteiger charge is 2.29. The maximum absolute atomic E-state index is 12.1. The molecule has 2 rings (SSSR count). The number of halogens is 1. The second-order valence-corrected chi connectivity index (χ2v) is 5.97. The first kappa shape index (κ1) is 12.9. The molecular weight excluding hydrogens is 300 g/mol. The SMILES string of the molecule is CC1CSc2cccc(Br)c2N1C(=O)CCN. The molecule has 1 unspecified atom stereocenters. The molecule has 0 saturated carbocycles. The molecule has 2 N–H and O–H groups in total. The van der Waals surface area contributed by atoms with Crippen molar-refractivity contribution in [1.82, 2.24) is 0 Å². The second kappa shape index (κ2) is 5.42. The van der Waals surface area contributed by atoms with Gasteiger partial charge in [-0.05, 0) is 35.0 Å². The summed E-state index contributed by atoms with van der Waals surface area (Å²) in [7, 11) is 0. The number of carbonyl (C=O) groups is 1. The predicted molar refractivity (Wildman–Crippen MR) is 75.5 cm³/mol. The largest absolute Gasteiger partial charge is 0.330 e. The number of thioether (sulfide) groups is 1. The Bertz CT molecular complexity index is 439. The van der Waals surface area contributed by atoms with E-state index in [-0.39, 0.29) is 11.9 Å². The van der Waals surface area contributed by atoms with Gasteiger partial charge in [-0.3, -0.25) is 4.79 Å². The molecular formula is C12H15BrN2OS. The Morgan fingerprint density at radius 3 is 3.12 bits per heavy atom. The first-order valence-corrected chi connectivity index (χ1v) is 7.36. The van der Waals surface area contributed by atoms with Crippen LogP contribution in [0.5, 0.6) is 0 Å². The highest BCUT2D eigenvalue weighted by atomic mass is 79.9. The van der Waals surface area contributed by atoms with Gasteiger partial charge >= 0.3 is 0 Å². The summed E-state index contributed by atoms with van der Waals surface area (Å²) in [6.07, 6.45) is 0.399. The summed E-state index contributed by atoms with van der Waals surface area (Å²) in [5.74, 6) is 1.04. The summed E-state index contributed by atoms with van der Waals surface area (Å²) in [6, 6.07) is 6.24. The van der Waals surface area contributed by atoms with Crippen LogP contribution in [0.4, 0.5) is 5.69 Å². The summed E-state index contributed by atoms with van der Waals surface area (Å²) < 4.78 is 0.972. The van der Waals surface area contributed by atoms with Gasteiger partial charge in [0.1, 0.15) is 0 Å². The Balaban J connectivity index is 2.42. The third-order valence-corrected chi connectivity index (χ3v) is 4.67. The molecule has 17 heavy (non-hydrogen) atoms. The van der Waals surface area contributed by atoms with E-state index in [4.69, 9.17) is 5.73 Å². The van der Waals surface area contributed by atoms with E-state index in [1.165, 1.54) is 0 Å². The van der Waals surface area contributed by atoms with Crippen molar-refractivity contribution in [3.63, 3.8) is 0 Å². The lowest BCUT2D eigenvalue weighted by molar-refractivity contribution is -0.118. The lowest BCUT2D eigenvalue weighted by Crippen LogP contribution is -2.43. The minimum absolute atomic E-state index is 0.105. The third-order valence-electron chi connectivity index (χ3n) is 2.74. The van der Waals surface area contributed by atoms with E-state index < -0.39 is 0 Å². The van der Waals surface area contributed by atoms with Gasteiger partial charge in [0.2, 0.25) is 5.91 Å². The van der Waals surface area contributed by atoms with Gasteiger partial charge in [-0.25, -0.2) is 0 Å². The van der Waals surface area contributed by atoms with Crippen LogP contribution in [0.25, 0.3) is 0 Å². The van der Waals surface area contributed by atoms with Crippen LogP contribution >= 0.6 is 27.7 Å². The summed E-state index contributed by atoms with van der Waals surface area (Å²) in [5.41, 5.74) is 6.47. The number of anilines is 1.